The van der Waals surface area contributed by atoms with Gasteiger partial charge in [-0.15, -0.1) is 11.3 Å². The lowest BCUT2D eigenvalue weighted by Gasteiger charge is -2.36. The molecule has 22 heavy (non-hydrogen) atoms. The second-order valence-corrected chi connectivity index (χ2v) is 7.89. The maximum absolute atomic E-state index is 12.3. The molecule has 0 radical (unpaired) electrons. The second kappa shape index (κ2) is 6.96. The molecule has 0 aromatic carbocycles. The number of thiazole rings is 1. The van der Waals surface area contributed by atoms with Crippen molar-refractivity contribution < 1.29 is 9.53 Å². The Labute approximate surface area is 136 Å². The fourth-order valence-corrected chi connectivity index (χ4v) is 3.87. The van der Waals surface area contributed by atoms with E-state index >= 15 is 0 Å². The summed E-state index contributed by atoms with van der Waals surface area (Å²) in [7, 11) is 0. The summed E-state index contributed by atoms with van der Waals surface area (Å²) in [5.74, 6) is 0.584. The molecule has 1 saturated heterocycles. The number of carbonyl (C=O) groups is 1. The van der Waals surface area contributed by atoms with Gasteiger partial charge in [-0.2, -0.15) is 0 Å². The van der Waals surface area contributed by atoms with Crippen molar-refractivity contribution >= 4 is 17.4 Å². The minimum absolute atomic E-state index is 0.219. The molecule has 1 fully saturated rings. The Morgan fingerprint density at radius 3 is 2.86 bits per heavy atom. The van der Waals surface area contributed by atoms with Crippen LogP contribution in [0.4, 0.5) is 4.79 Å². The average molecular weight is 325 g/mol. The lowest BCUT2D eigenvalue weighted by atomic mass is 9.86. The van der Waals surface area contributed by atoms with Crippen molar-refractivity contribution in [1.29, 1.82) is 0 Å². The van der Waals surface area contributed by atoms with E-state index in [4.69, 9.17) is 10.5 Å². The topological polar surface area (TPSA) is 68.5 Å². The molecule has 1 aromatic rings. The van der Waals surface area contributed by atoms with Gasteiger partial charge < -0.3 is 15.4 Å². The van der Waals surface area contributed by atoms with Crippen LogP contribution in [0.25, 0.3) is 0 Å². The number of likely N-dealkylation sites (tertiary alicyclic amines) is 1. The fraction of sp³-hybridized carbons (Fsp3) is 0.750. The third kappa shape index (κ3) is 4.43. The largest absolute Gasteiger partial charge is 0.444 e. The molecule has 0 saturated carbocycles. The third-order valence-corrected chi connectivity index (χ3v) is 4.98. The van der Waals surface area contributed by atoms with Gasteiger partial charge in [-0.3, -0.25) is 0 Å². The lowest BCUT2D eigenvalue weighted by Crippen LogP contribution is -2.44. The molecule has 0 spiro atoms. The summed E-state index contributed by atoms with van der Waals surface area (Å²) in [5, 5.41) is 3.16. The zero-order valence-corrected chi connectivity index (χ0v) is 14.8. The highest BCUT2D eigenvalue weighted by atomic mass is 32.1. The van der Waals surface area contributed by atoms with Crippen LogP contribution in [0, 0.1) is 12.8 Å². The van der Waals surface area contributed by atoms with E-state index in [-0.39, 0.29) is 12.0 Å². The summed E-state index contributed by atoms with van der Waals surface area (Å²) in [6.07, 6.45) is 1.85. The standard InChI is InChI=1S/C16H27N3O2S/c1-11-10-22-14(18-11)13(8-17)12-6-5-7-19(9-12)15(20)21-16(2,3)4/h10,12-13H,5-9,17H2,1-4H3. The van der Waals surface area contributed by atoms with Crippen molar-refractivity contribution in [2.24, 2.45) is 11.7 Å². The normalized spacial score (nSPS) is 20.8. The number of nitrogens with two attached hydrogens (primary N) is 1. The number of aryl methyl sites for hydroxylation is 1. The smallest absolute Gasteiger partial charge is 0.410 e. The molecule has 0 bridgehead atoms. The van der Waals surface area contributed by atoms with Gasteiger partial charge in [0.15, 0.2) is 0 Å². The van der Waals surface area contributed by atoms with Crippen molar-refractivity contribution in [3.8, 4) is 0 Å². The Hall–Kier alpha value is -1.14. The van der Waals surface area contributed by atoms with Crippen LogP contribution in [0.1, 0.15) is 50.2 Å². The molecule has 5 nitrogen and oxygen atoms in total. The van der Waals surface area contributed by atoms with Gasteiger partial charge in [0.25, 0.3) is 0 Å². The molecule has 1 aliphatic heterocycles. The third-order valence-electron chi connectivity index (χ3n) is 3.89. The molecular weight excluding hydrogens is 298 g/mol. The summed E-state index contributed by atoms with van der Waals surface area (Å²) < 4.78 is 5.49. The van der Waals surface area contributed by atoms with Crippen molar-refractivity contribution in [2.75, 3.05) is 19.6 Å². The number of carbonyl (C=O) groups excluding carboxylic acids is 1. The second-order valence-electron chi connectivity index (χ2n) is 7.00. The molecule has 2 rings (SSSR count). The monoisotopic (exact) mass is 325 g/mol. The Bertz CT molecular complexity index is 510. The van der Waals surface area contributed by atoms with Crippen LogP contribution in [-0.4, -0.2) is 41.2 Å². The van der Waals surface area contributed by atoms with E-state index in [0.717, 1.165) is 30.1 Å². The molecule has 1 aliphatic rings. The number of rotatable bonds is 3. The van der Waals surface area contributed by atoms with E-state index in [1.807, 2.05) is 32.6 Å². The van der Waals surface area contributed by atoms with Gasteiger partial charge in [0.05, 0.1) is 5.01 Å². The molecule has 2 atom stereocenters. The predicted molar refractivity (Wildman–Crippen MR) is 89.2 cm³/mol. The molecule has 2 heterocycles. The van der Waals surface area contributed by atoms with Crippen molar-refractivity contribution in [3.63, 3.8) is 0 Å². The molecule has 1 amide bonds. The number of aromatic nitrogens is 1. The van der Waals surface area contributed by atoms with Gasteiger partial charge in [0.2, 0.25) is 0 Å². The highest BCUT2D eigenvalue weighted by molar-refractivity contribution is 7.09. The molecule has 1 aromatic heterocycles. The van der Waals surface area contributed by atoms with Crippen molar-refractivity contribution in [2.45, 2.75) is 52.1 Å². The van der Waals surface area contributed by atoms with Gasteiger partial charge in [0.1, 0.15) is 5.60 Å². The zero-order valence-electron chi connectivity index (χ0n) is 14.0. The summed E-state index contributed by atoms with van der Waals surface area (Å²) in [5.41, 5.74) is 6.59. The summed E-state index contributed by atoms with van der Waals surface area (Å²) in [6.45, 7) is 9.73. The lowest BCUT2D eigenvalue weighted by molar-refractivity contribution is 0.0152. The summed E-state index contributed by atoms with van der Waals surface area (Å²) >= 11 is 1.67. The fourth-order valence-electron chi connectivity index (χ4n) is 2.87. The molecule has 0 aliphatic carbocycles. The van der Waals surface area contributed by atoms with E-state index < -0.39 is 5.60 Å². The van der Waals surface area contributed by atoms with E-state index in [1.54, 1.807) is 11.3 Å². The van der Waals surface area contributed by atoms with Gasteiger partial charge in [-0.25, -0.2) is 9.78 Å². The molecule has 124 valence electrons. The van der Waals surface area contributed by atoms with Crippen LogP contribution >= 0.6 is 11.3 Å². The van der Waals surface area contributed by atoms with E-state index in [1.165, 1.54) is 0 Å². The Kier molecular flexibility index (Phi) is 5.45. The number of piperidine rings is 1. The van der Waals surface area contributed by atoms with Crippen LogP contribution in [0.3, 0.4) is 0 Å². The Morgan fingerprint density at radius 1 is 1.59 bits per heavy atom. The first kappa shape index (κ1) is 17.2. The first-order valence-electron chi connectivity index (χ1n) is 7.90. The van der Waals surface area contributed by atoms with Crippen LogP contribution < -0.4 is 5.73 Å². The maximum atomic E-state index is 12.3. The van der Waals surface area contributed by atoms with E-state index in [0.29, 0.717) is 19.0 Å². The van der Waals surface area contributed by atoms with Crippen molar-refractivity contribution in [1.82, 2.24) is 9.88 Å². The van der Waals surface area contributed by atoms with Crippen LogP contribution in [0.5, 0.6) is 0 Å². The van der Waals surface area contributed by atoms with Crippen LogP contribution in [0.15, 0.2) is 5.38 Å². The van der Waals surface area contributed by atoms with Crippen molar-refractivity contribution in [3.05, 3.63) is 16.1 Å². The van der Waals surface area contributed by atoms with Gasteiger partial charge in [-0.05, 0) is 46.5 Å². The Balaban J connectivity index is 2.04. The average Bonchev–Trinajstić information content (AvgIpc) is 2.84. The van der Waals surface area contributed by atoms with Crippen LogP contribution in [-0.2, 0) is 4.74 Å². The van der Waals surface area contributed by atoms with Gasteiger partial charge >= 0.3 is 6.09 Å². The number of nitrogens with zero attached hydrogens (tertiary/aromatic N) is 2. The quantitative estimate of drug-likeness (QED) is 0.927. The highest BCUT2D eigenvalue weighted by Gasteiger charge is 2.32. The minimum atomic E-state index is -0.455. The Morgan fingerprint density at radius 2 is 2.32 bits per heavy atom. The summed E-state index contributed by atoms with van der Waals surface area (Å²) in [4.78, 5) is 18.7. The number of amides is 1. The molecular formula is C16H27N3O2S. The minimum Gasteiger partial charge on any atom is -0.444 e. The van der Waals surface area contributed by atoms with Gasteiger partial charge in [-0.1, -0.05) is 0 Å². The zero-order chi connectivity index (χ0) is 16.3. The molecule has 2 N–H and O–H groups in total. The number of hydrogen-bond acceptors (Lipinski definition) is 5. The number of hydrogen-bond donors (Lipinski definition) is 1. The molecule has 2 unspecified atom stereocenters. The maximum Gasteiger partial charge on any atom is 0.410 e. The highest BCUT2D eigenvalue weighted by Crippen LogP contribution is 2.33. The SMILES string of the molecule is Cc1csc(C(CN)C2CCCN(C(=O)OC(C)(C)C)C2)n1. The van der Waals surface area contributed by atoms with Gasteiger partial charge in [0, 0.05) is 36.6 Å². The summed E-state index contributed by atoms with van der Waals surface area (Å²) in [6, 6.07) is 0. The number of ether oxygens (including phenoxy) is 1. The first-order valence-corrected chi connectivity index (χ1v) is 8.78. The molecule has 6 heteroatoms. The first-order chi connectivity index (χ1) is 10.3. The van der Waals surface area contributed by atoms with Crippen LogP contribution in [0.2, 0.25) is 0 Å². The predicted octanol–water partition coefficient (Wildman–Crippen LogP) is 3.14. The van der Waals surface area contributed by atoms with E-state index in [9.17, 15) is 4.79 Å². The van der Waals surface area contributed by atoms with E-state index in [2.05, 4.69) is 10.4 Å².